The summed E-state index contributed by atoms with van der Waals surface area (Å²) in [6.07, 6.45) is 3.49. The number of fused-ring (bicyclic) bond motifs is 21. The molecule has 350 valence electrons. The van der Waals surface area contributed by atoms with Crippen molar-refractivity contribution < 1.29 is 13.3 Å². The fourth-order valence-electron chi connectivity index (χ4n) is 12.8. The van der Waals surface area contributed by atoms with Gasteiger partial charge in [-0.25, -0.2) is 0 Å². The number of aromatic nitrogens is 4. The molecule has 0 atom stereocenters. The number of nitriles is 2. The molecule has 0 fully saturated rings. The predicted molar refractivity (Wildman–Crippen MR) is 304 cm³/mol. The summed E-state index contributed by atoms with van der Waals surface area (Å²) >= 11 is 0. The predicted octanol–water partition coefficient (Wildman–Crippen LogP) is 17.5. The van der Waals surface area contributed by atoms with Gasteiger partial charge >= 0.3 is 0 Å². The van der Waals surface area contributed by atoms with Gasteiger partial charge in [-0.15, -0.1) is 0 Å². The second-order valence-electron chi connectivity index (χ2n) is 19.5. The molecule has 0 saturated heterocycles. The highest BCUT2D eigenvalue weighted by Gasteiger charge is 2.35. The van der Waals surface area contributed by atoms with Crippen molar-refractivity contribution in [2.75, 3.05) is 0 Å². The van der Waals surface area contributed by atoms with Crippen LogP contribution in [0.5, 0.6) is 0 Å². The van der Waals surface area contributed by atoms with E-state index in [4.69, 9.17) is 13.3 Å². The maximum absolute atomic E-state index is 12.7. The molecule has 0 aliphatic rings. The average Bonchev–Trinajstić information content (AvgIpc) is 4.50. The Kier molecular flexibility index (Phi) is 7.96. The van der Waals surface area contributed by atoms with E-state index < -0.39 is 0 Å². The molecule has 10 aromatic carbocycles. The van der Waals surface area contributed by atoms with Crippen molar-refractivity contribution >= 4 is 131 Å². The van der Waals surface area contributed by atoms with Crippen LogP contribution in [0.3, 0.4) is 0 Å². The summed E-state index contributed by atoms with van der Waals surface area (Å²) in [4.78, 5) is 4.51. The molecule has 76 heavy (non-hydrogen) atoms. The van der Waals surface area contributed by atoms with E-state index in [9.17, 15) is 10.5 Å². The van der Waals surface area contributed by atoms with Crippen LogP contribution < -0.4 is 0 Å². The van der Waals surface area contributed by atoms with Crippen molar-refractivity contribution in [3.63, 3.8) is 0 Å². The first-order valence-corrected chi connectivity index (χ1v) is 25.1. The summed E-state index contributed by atoms with van der Waals surface area (Å²) in [5.41, 5.74) is 12.4. The van der Waals surface area contributed by atoms with E-state index in [0.717, 1.165) is 114 Å². The lowest BCUT2D eigenvalue weighted by Gasteiger charge is -2.26. The summed E-state index contributed by atoms with van der Waals surface area (Å²) in [6.45, 7) is 0. The molecule has 17 aromatic rings. The highest BCUT2D eigenvalue weighted by atomic mass is 16.3. The quantitative estimate of drug-likeness (QED) is 0.173. The van der Waals surface area contributed by atoms with Crippen LogP contribution in [0, 0.1) is 22.7 Å². The molecular weight excluding hydrogens is 937 g/mol. The third-order valence-electron chi connectivity index (χ3n) is 15.8. The Balaban J connectivity index is 1.19. The van der Waals surface area contributed by atoms with Crippen LogP contribution in [-0.4, -0.2) is 18.7 Å². The minimum absolute atomic E-state index is 0.315. The van der Waals surface area contributed by atoms with Crippen LogP contribution in [0.25, 0.3) is 159 Å². The highest BCUT2D eigenvalue weighted by Crippen LogP contribution is 2.52. The van der Waals surface area contributed by atoms with Gasteiger partial charge in [-0.05, 0) is 72.3 Å². The van der Waals surface area contributed by atoms with Gasteiger partial charge in [-0.2, -0.15) is 10.5 Å². The van der Waals surface area contributed by atoms with Gasteiger partial charge in [0, 0.05) is 82.6 Å². The zero-order valence-electron chi connectivity index (χ0n) is 40.0. The van der Waals surface area contributed by atoms with E-state index in [1.807, 2.05) is 103 Å². The summed E-state index contributed by atoms with van der Waals surface area (Å²) in [5, 5.41) is 36.7. The molecule has 0 bridgehead atoms. The Morgan fingerprint density at radius 1 is 0.316 bits per heavy atom. The van der Waals surface area contributed by atoms with Crippen molar-refractivity contribution in [3.05, 3.63) is 218 Å². The number of nitrogens with zero attached hydrogens (tertiary/aromatic N) is 6. The van der Waals surface area contributed by atoms with Gasteiger partial charge in [0.05, 0.1) is 55.7 Å². The molecule has 7 heterocycles. The fourth-order valence-corrected chi connectivity index (χ4v) is 12.8. The standard InChI is InChI=1S/C67H34N6O3/c68-35-50-58(37-31-33-70-34-32-37)59(71-52-19-7-1-13-38(52)44-25-28-47-41-16-4-10-22-55(41)74-65(47)62(44)71)51(36-69)61(73-54-21-9-3-15-40(54)46-27-30-49-43-18-6-12-24-57(43)76-67(49)64(46)73)60(50)72-53-20-8-2-14-39(53)45-26-29-48-42-17-5-11-23-56(42)75-66(48)63(45)72/h1-34H. The van der Waals surface area contributed by atoms with Crippen LogP contribution in [0.2, 0.25) is 0 Å². The van der Waals surface area contributed by atoms with Crippen molar-refractivity contribution in [1.82, 2.24) is 18.7 Å². The molecule has 0 spiro atoms. The highest BCUT2D eigenvalue weighted by molar-refractivity contribution is 6.26. The number of para-hydroxylation sites is 6. The van der Waals surface area contributed by atoms with Crippen LogP contribution in [0.15, 0.2) is 220 Å². The van der Waals surface area contributed by atoms with Crippen molar-refractivity contribution in [2.24, 2.45) is 0 Å². The number of hydrogen-bond acceptors (Lipinski definition) is 6. The fraction of sp³-hybridized carbons (Fsp3) is 0. The smallest absolute Gasteiger partial charge is 0.160 e. The van der Waals surface area contributed by atoms with E-state index >= 15 is 0 Å². The first-order chi connectivity index (χ1) is 37.7. The Morgan fingerprint density at radius 2 is 0.645 bits per heavy atom. The van der Waals surface area contributed by atoms with E-state index in [1.165, 1.54) is 0 Å². The summed E-state index contributed by atoms with van der Waals surface area (Å²) in [7, 11) is 0. The van der Waals surface area contributed by atoms with Crippen LogP contribution in [0.1, 0.15) is 11.1 Å². The lowest BCUT2D eigenvalue weighted by atomic mass is 9.91. The zero-order chi connectivity index (χ0) is 49.9. The summed E-state index contributed by atoms with van der Waals surface area (Å²) in [6, 6.07) is 71.5. The second-order valence-corrected chi connectivity index (χ2v) is 19.5. The third kappa shape index (κ3) is 5.12. The maximum atomic E-state index is 12.7. The van der Waals surface area contributed by atoms with Crippen molar-refractivity contribution in [2.45, 2.75) is 0 Å². The first kappa shape index (κ1) is 40.7. The van der Waals surface area contributed by atoms with Crippen molar-refractivity contribution in [1.29, 1.82) is 10.5 Å². The van der Waals surface area contributed by atoms with Crippen LogP contribution >= 0.6 is 0 Å². The lowest BCUT2D eigenvalue weighted by molar-refractivity contribution is 0.670. The Labute approximate surface area is 429 Å². The molecule has 0 aliphatic heterocycles. The number of furan rings is 3. The minimum atomic E-state index is 0.315. The van der Waals surface area contributed by atoms with Gasteiger partial charge in [0.25, 0.3) is 0 Å². The van der Waals surface area contributed by atoms with Gasteiger partial charge < -0.3 is 27.0 Å². The lowest BCUT2D eigenvalue weighted by Crippen LogP contribution is -2.14. The number of pyridine rings is 1. The zero-order valence-corrected chi connectivity index (χ0v) is 40.0. The van der Waals surface area contributed by atoms with Gasteiger partial charge in [-0.1, -0.05) is 127 Å². The van der Waals surface area contributed by atoms with Gasteiger partial charge in [0.15, 0.2) is 16.7 Å². The average molecular weight is 971 g/mol. The minimum Gasteiger partial charge on any atom is -0.454 e. The number of rotatable bonds is 4. The molecule has 0 unspecified atom stereocenters. The van der Waals surface area contributed by atoms with Crippen molar-refractivity contribution in [3.8, 4) is 40.3 Å². The molecule has 0 amide bonds. The second kappa shape index (κ2) is 14.9. The Bertz CT molecular complexity index is 5510. The first-order valence-electron chi connectivity index (χ1n) is 25.1. The summed E-state index contributed by atoms with van der Waals surface area (Å²) < 4.78 is 27.5. The third-order valence-corrected chi connectivity index (χ3v) is 15.8. The number of benzene rings is 10. The monoisotopic (exact) mass is 970 g/mol. The Hall–Kier alpha value is -10.9. The molecule has 17 rings (SSSR count). The van der Waals surface area contributed by atoms with Gasteiger partial charge in [0.2, 0.25) is 0 Å². The van der Waals surface area contributed by atoms with Gasteiger partial charge in [-0.3, -0.25) is 4.98 Å². The molecule has 0 saturated carbocycles. The van der Waals surface area contributed by atoms with Crippen LogP contribution in [0.4, 0.5) is 0 Å². The van der Waals surface area contributed by atoms with Crippen LogP contribution in [-0.2, 0) is 0 Å². The molecular formula is C67H34N6O3. The van der Waals surface area contributed by atoms with Gasteiger partial charge in [0.1, 0.15) is 34.5 Å². The Morgan fingerprint density at radius 3 is 1.04 bits per heavy atom. The van der Waals surface area contributed by atoms with E-state index in [2.05, 4.69) is 122 Å². The molecule has 0 radical (unpaired) electrons. The molecule has 9 heteroatoms. The SMILES string of the molecule is N#Cc1c(-c2ccncc2)c(-n2c3ccccc3c3ccc4c5ccccc5oc4c32)c(C#N)c(-n2c3ccccc3c3ccc4c5ccccc5oc4c32)c1-n1c2ccccc2c2ccc3c4ccccc4oc3c21. The molecule has 7 aromatic heterocycles. The van der Waals surface area contributed by atoms with E-state index in [1.54, 1.807) is 12.4 Å². The van der Waals surface area contributed by atoms with E-state index in [-0.39, 0.29) is 0 Å². The largest absolute Gasteiger partial charge is 0.454 e. The van der Waals surface area contributed by atoms with E-state index in [0.29, 0.717) is 56.1 Å². The maximum Gasteiger partial charge on any atom is 0.160 e. The molecule has 0 aliphatic carbocycles. The number of hydrogen-bond donors (Lipinski definition) is 0. The summed E-state index contributed by atoms with van der Waals surface area (Å²) in [5.74, 6) is 0. The topological polar surface area (TPSA) is 115 Å². The molecule has 9 nitrogen and oxygen atoms in total. The molecule has 0 N–H and O–H groups in total. The normalized spacial score (nSPS) is 12.2.